The zero-order chi connectivity index (χ0) is 17.9. The molecule has 1 saturated heterocycles. The Balaban J connectivity index is 2.25. The van der Waals surface area contributed by atoms with Gasteiger partial charge in [-0.2, -0.15) is 0 Å². The lowest BCUT2D eigenvalue weighted by Crippen LogP contribution is -2.52. The highest BCUT2D eigenvalue weighted by atomic mass is 16.5. The van der Waals surface area contributed by atoms with Crippen LogP contribution in [0.1, 0.15) is 40.0 Å². The summed E-state index contributed by atoms with van der Waals surface area (Å²) in [6, 6.07) is 0.0468. The summed E-state index contributed by atoms with van der Waals surface area (Å²) >= 11 is 0. The minimum absolute atomic E-state index is 0.0468. The molecule has 1 fully saturated rings. The van der Waals surface area contributed by atoms with Gasteiger partial charge in [0.05, 0.1) is 12.6 Å². The average Bonchev–Trinajstić information content (AvgIpc) is 2.59. The van der Waals surface area contributed by atoms with Crippen LogP contribution >= 0.6 is 0 Å². The van der Waals surface area contributed by atoms with Crippen LogP contribution in [0.15, 0.2) is 48.6 Å². The van der Waals surface area contributed by atoms with Gasteiger partial charge in [0.1, 0.15) is 6.10 Å². The van der Waals surface area contributed by atoms with Crippen LogP contribution in [0.3, 0.4) is 0 Å². The molecule has 0 aromatic carbocycles. The highest BCUT2D eigenvalue weighted by Gasteiger charge is 2.38. The van der Waals surface area contributed by atoms with Crippen molar-refractivity contribution in [3.05, 3.63) is 48.6 Å². The lowest BCUT2D eigenvalue weighted by Gasteiger charge is -2.42. The number of allylic oxidation sites excluding steroid dienone is 1. The zero-order valence-electron chi connectivity index (χ0n) is 15.4. The maximum Gasteiger partial charge on any atom is 0.252 e. The fourth-order valence-electron chi connectivity index (χ4n) is 3.95. The van der Waals surface area contributed by atoms with Crippen molar-refractivity contribution >= 4 is 5.91 Å². The van der Waals surface area contributed by atoms with E-state index in [0.717, 1.165) is 37.0 Å². The normalized spacial score (nSPS) is 28.2. The van der Waals surface area contributed by atoms with Crippen LogP contribution < -0.4 is 0 Å². The van der Waals surface area contributed by atoms with Crippen LogP contribution in [0.5, 0.6) is 0 Å². The Hall–Kier alpha value is -1.61. The van der Waals surface area contributed by atoms with E-state index in [-0.39, 0.29) is 18.1 Å². The summed E-state index contributed by atoms with van der Waals surface area (Å²) in [7, 11) is 0. The molecule has 0 saturated carbocycles. The van der Waals surface area contributed by atoms with Crippen molar-refractivity contribution in [1.82, 2.24) is 4.90 Å². The molecule has 0 N–H and O–H groups in total. The number of ether oxygens (including phenoxy) is 1. The van der Waals surface area contributed by atoms with Crippen molar-refractivity contribution in [3.8, 4) is 0 Å². The van der Waals surface area contributed by atoms with Crippen molar-refractivity contribution in [2.24, 2.45) is 11.8 Å². The van der Waals surface area contributed by atoms with Gasteiger partial charge >= 0.3 is 0 Å². The molecule has 0 aromatic rings. The molecule has 2 aliphatic rings. The van der Waals surface area contributed by atoms with E-state index in [0.29, 0.717) is 18.4 Å². The third kappa shape index (κ3) is 3.56. The van der Waals surface area contributed by atoms with E-state index < -0.39 is 0 Å². The quantitative estimate of drug-likeness (QED) is 0.705. The number of hydrogen-bond donors (Lipinski definition) is 0. The first kappa shape index (κ1) is 18.7. The Morgan fingerprint density at radius 3 is 2.62 bits per heavy atom. The van der Waals surface area contributed by atoms with Gasteiger partial charge in [-0.15, -0.1) is 0 Å². The summed E-state index contributed by atoms with van der Waals surface area (Å²) in [5.41, 5.74) is 3.45. The zero-order valence-corrected chi connectivity index (χ0v) is 15.4. The highest BCUT2D eigenvalue weighted by Crippen LogP contribution is 2.33. The molecule has 0 spiro atoms. The van der Waals surface area contributed by atoms with Gasteiger partial charge < -0.3 is 9.64 Å². The third-order valence-corrected chi connectivity index (χ3v) is 5.34. The predicted molar refractivity (Wildman–Crippen MR) is 99.7 cm³/mol. The molecule has 3 atom stereocenters. The Morgan fingerprint density at radius 2 is 2.08 bits per heavy atom. The van der Waals surface area contributed by atoms with Crippen molar-refractivity contribution in [1.29, 1.82) is 0 Å². The number of amides is 1. The van der Waals surface area contributed by atoms with Crippen LogP contribution in [-0.2, 0) is 9.53 Å². The van der Waals surface area contributed by atoms with Gasteiger partial charge in [0, 0.05) is 6.54 Å². The molecule has 3 heteroatoms. The molecule has 0 aliphatic carbocycles. The third-order valence-electron chi connectivity index (χ3n) is 5.34. The Morgan fingerprint density at radius 1 is 1.38 bits per heavy atom. The summed E-state index contributed by atoms with van der Waals surface area (Å²) in [6.07, 6.45) is 6.03. The molecule has 2 heterocycles. The van der Waals surface area contributed by atoms with Crippen LogP contribution in [0.2, 0.25) is 0 Å². The SMILES string of the molecule is C=CC1=C(C=C)[C@H](C(C)C)N(C(=O)[C@H]2C[C@H](CC)C(=C)CO2)CC1. The molecule has 2 aliphatic heterocycles. The molecule has 24 heavy (non-hydrogen) atoms. The lowest BCUT2D eigenvalue weighted by molar-refractivity contribution is -0.149. The molecular weight excluding hydrogens is 298 g/mol. The first-order chi connectivity index (χ1) is 11.4. The summed E-state index contributed by atoms with van der Waals surface area (Å²) in [5, 5.41) is 0. The van der Waals surface area contributed by atoms with Crippen LogP contribution in [0.25, 0.3) is 0 Å². The van der Waals surface area contributed by atoms with E-state index in [1.807, 2.05) is 17.1 Å². The minimum atomic E-state index is -0.349. The largest absolute Gasteiger partial charge is 0.364 e. The minimum Gasteiger partial charge on any atom is -0.364 e. The molecule has 1 amide bonds. The summed E-state index contributed by atoms with van der Waals surface area (Å²) < 4.78 is 5.83. The van der Waals surface area contributed by atoms with Gasteiger partial charge in [-0.3, -0.25) is 4.79 Å². The predicted octanol–water partition coefficient (Wildman–Crippen LogP) is 4.28. The second-order valence-electron chi connectivity index (χ2n) is 7.16. The standard InChI is InChI=1S/C21H31NO2/c1-7-16-10-11-22(20(14(4)5)18(16)9-3)21(23)19-12-17(8-2)15(6)13-24-19/h7,9,14,17,19-20H,1,3,6,8,10-13H2,2,4-5H3/t17-,19+,20-/m0/s1. The van der Waals surface area contributed by atoms with Gasteiger partial charge in [0.15, 0.2) is 0 Å². The first-order valence-corrected chi connectivity index (χ1v) is 9.02. The number of hydrogen-bond acceptors (Lipinski definition) is 2. The van der Waals surface area contributed by atoms with E-state index in [2.05, 4.69) is 40.5 Å². The van der Waals surface area contributed by atoms with E-state index >= 15 is 0 Å². The van der Waals surface area contributed by atoms with E-state index in [4.69, 9.17) is 4.74 Å². The molecule has 3 nitrogen and oxygen atoms in total. The second-order valence-corrected chi connectivity index (χ2v) is 7.16. The topological polar surface area (TPSA) is 29.5 Å². The monoisotopic (exact) mass is 329 g/mol. The molecule has 0 unspecified atom stereocenters. The summed E-state index contributed by atoms with van der Waals surface area (Å²) in [5.74, 6) is 0.813. The Bertz CT molecular complexity index is 558. The smallest absolute Gasteiger partial charge is 0.252 e. The van der Waals surface area contributed by atoms with Gasteiger partial charge in [0.2, 0.25) is 0 Å². The summed E-state index contributed by atoms with van der Waals surface area (Å²) in [4.78, 5) is 15.2. The molecule has 2 rings (SSSR count). The van der Waals surface area contributed by atoms with Crippen LogP contribution in [0, 0.1) is 11.8 Å². The lowest BCUT2D eigenvalue weighted by atomic mass is 9.84. The second kappa shape index (κ2) is 7.98. The van der Waals surface area contributed by atoms with Crippen molar-refractivity contribution in [2.45, 2.75) is 52.2 Å². The van der Waals surface area contributed by atoms with Crippen LogP contribution in [0.4, 0.5) is 0 Å². The van der Waals surface area contributed by atoms with E-state index in [1.165, 1.54) is 5.57 Å². The van der Waals surface area contributed by atoms with Gasteiger partial charge in [-0.25, -0.2) is 0 Å². The molecule has 132 valence electrons. The fourth-order valence-corrected chi connectivity index (χ4v) is 3.95. The fraction of sp³-hybridized carbons (Fsp3) is 0.571. The molecule has 0 bridgehead atoms. The Kier molecular flexibility index (Phi) is 6.22. The molecule has 0 radical (unpaired) electrons. The maximum absolute atomic E-state index is 13.2. The van der Waals surface area contributed by atoms with Gasteiger partial charge in [-0.1, -0.05) is 52.7 Å². The number of nitrogens with zero attached hydrogens (tertiary/aromatic N) is 1. The number of rotatable bonds is 5. The van der Waals surface area contributed by atoms with E-state index in [9.17, 15) is 4.79 Å². The first-order valence-electron chi connectivity index (χ1n) is 9.02. The molecular formula is C21H31NO2. The summed E-state index contributed by atoms with van der Waals surface area (Å²) in [6.45, 7) is 19.6. The van der Waals surface area contributed by atoms with E-state index in [1.54, 1.807) is 0 Å². The van der Waals surface area contributed by atoms with Crippen molar-refractivity contribution in [3.63, 3.8) is 0 Å². The number of carbonyl (C=O) groups excluding carboxylic acids is 1. The van der Waals surface area contributed by atoms with Gasteiger partial charge in [0.25, 0.3) is 5.91 Å². The van der Waals surface area contributed by atoms with Crippen molar-refractivity contribution in [2.75, 3.05) is 13.2 Å². The highest BCUT2D eigenvalue weighted by molar-refractivity contribution is 5.82. The average molecular weight is 329 g/mol. The Labute approximate surface area is 146 Å². The number of carbonyl (C=O) groups is 1. The van der Waals surface area contributed by atoms with Crippen LogP contribution in [-0.4, -0.2) is 36.1 Å². The van der Waals surface area contributed by atoms with Crippen molar-refractivity contribution < 1.29 is 9.53 Å². The van der Waals surface area contributed by atoms with Gasteiger partial charge in [-0.05, 0) is 47.8 Å². The maximum atomic E-state index is 13.2. The molecule has 0 aromatic heterocycles.